The van der Waals surface area contributed by atoms with Gasteiger partial charge in [-0.25, -0.2) is 0 Å². The van der Waals surface area contributed by atoms with Crippen molar-refractivity contribution in [1.29, 1.82) is 0 Å². The first kappa shape index (κ1) is 8.48. The minimum atomic E-state index is 0.790. The van der Waals surface area contributed by atoms with E-state index in [0.29, 0.717) is 0 Å². The number of ether oxygens (including phenoxy) is 1. The summed E-state index contributed by atoms with van der Waals surface area (Å²) in [6.07, 6.45) is 1.31. The fraction of sp³-hybridized carbons (Fsp3) is 1.00. The lowest BCUT2D eigenvalue weighted by Gasteiger charge is -2.33. The number of rotatable bonds is 2. The summed E-state index contributed by atoms with van der Waals surface area (Å²) in [7, 11) is 0. The summed E-state index contributed by atoms with van der Waals surface area (Å²) in [5.74, 6) is 1.64. The molecule has 0 aromatic rings. The van der Waals surface area contributed by atoms with Gasteiger partial charge in [0.1, 0.15) is 0 Å². The summed E-state index contributed by atoms with van der Waals surface area (Å²) >= 11 is 0. The van der Waals surface area contributed by atoms with Crippen LogP contribution in [0.25, 0.3) is 0 Å². The van der Waals surface area contributed by atoms with Crippen molar-refractivity contribution in [2.24, 2.45) is 17.6 Å². The van der Waals surface area contributed by atoms with Crippen molar-refractivity contribution in [3.63, 3.8) is 0 Å². The molecule has 0 spiro atoms. The van der Waals surface area contributed by atoms with E-state index in [1.165, 1.54) is 19.5 Å². The zero-order chi connectivity index (χ0) is 8.39. The van der Waals surface area contributed by atoms with Crippen molar-refractivity contribution in [3.8, 4) is 0 Å². The van der Waals surface area contributed by atoms with Crippen molar-refractivity contribution < 1.29 is 4.74 Å². The lowest BCUT2D eigenvalue weighted by atomic mass is 9.89. The van der Waals surface area contributed by atoms with Gasteiger partial charge in [-0.15, -0.1) is 0 Å². The number of fused-ring (bicyclic) bond motifs is 1. The maximum atomic E-state index is 5.52. The van der Waals surface area contributed by atoms with E-state index in [-0.39, 0.29) is 0 Å². The Bertz CT molecular complexity index is 151. The van der Waals surface area contributed by atoms with Crippen LogP contribution in [0.15, 0.2) is 0 Å². The minimum absolute atomic E-state index is 0.790. The number of piperidine rings is 1. The molecule has 2 N–H and O–H groups in total. The van der Waals surface area contributed by atoms with E-state index < -0.39 is 0 Å². The number of hydrogen-bond donors (Lipinski definition) is 1. The van der Waals surface area contributed by atoms with Gasteiger partial charge in [0, 0.05) is 32.2 Å². The monoisotopic (exact) mass is 170 g/mol. The third-order valence-electron chi connectivity index (χ3n) is 3.08. The molecule has 2 fully saturated rings. The van der Waals surface area contributed by atoms with Crippen molar-refractivity contribution in [3.05, 3.63) is 0 Å². The Morgan fingerprint density at radius 2 is 2.17 bits per heavy atom. The maximum absolute atomic E-state index is 5.52. The summed E-state index contributed by atoms with van der Waals surface area (Å²) < 4.78 is 5.46. The minimum Gasteiger partial charge on any atom is -0.381 e. The molecule has 2 aliphatic rings. The van der Waals surface area contributed by atoms with Crippen LogP contribution < -0.4 is 5.73 Å². The second-order valence-electron chi connectivity index (χ2n) is 3.94. The highest BCUT2D eigenvalue weighted by Gasteiger charge is 2.33. The molecular formula is C9H18N2O. The number of nitrogens with zero attached hydrogens (tertiary/aromatic N) is 1. The fourth-order valence-electron chi connectivity index (χ4n) is 2.32. The molecular weight excluding hydrogens is 152 g/mol. The molecule has 0 amide bonds. The Morgan fingerprint density at radius 1 is 1.33 bits per heavy atom. The normalized spacial score (nSPS) is 36.8. The van der Waals surface area contributed by atoms with Crippen LogP contribution >= 0.6 is 0 Å². The number of likely N-dealkylation sites (tertiary alicyclic amines) is 1. The van der Waals surface area contributed by atoms with Gasteiger partial charge in [-0.05, 0) is 18.9 Å². The molecule has 2 atom stereocenters. The predicted molar refractivity (Wildman–Crippen MR) is 47.9 cm³/mol. The van der Waals surface area contributed by atoms with Crippen molar-refractivity contribution >= 4 is 0 Å². The molecule has 0 aliphatic carbocycles. The van der Waals surface area contributed by atoms with Crippen LogP contribution in [-0.4, -0.2) is 44.3 Å². The Hall–Kier alpha value is -0.120. The van der Waals surface area contributed by atoms with E-state index in [1.807, 2.05) is 0 Å². The van der Waals surface area contributed by atoms with E-state index >= 15 is 0 Å². The summed E-state index contributed by atoms with van der Waals surface area (Å²) in [6, 6.07) is 0. The molecule has 2 aliphatic heterocycles. The largest absolute Gasteiger partial charge is 0.381 e. The van der Waals surface area contributed by atoms with Gasteiger partial charge < -0.3 is 15.4 Å². The van der Waals surface area contributed by atoms with Gasteiger partial charge in [0.2, 0.25) is 0 Å². The van der Waals surface area contributed by atoms with Crippen LogP contribution in [0.2, 0.25) is 0 Å². The standard InChI is InChI=1S/C9H18N2O/c10-2-4-11-3-1-8-6-12-7-9(8)5-11/h8-9H,1-7,10H2/t8-,9-/m1/s1. The molecule has 0 aromatic heterocycles. The van der Waals surface area contributed by atoms with E-state index in [0.717, 1.165) is 38.1 Å². The average molecular weight is 170 g/mol. The Balaban J connectivity index is 1.84. The molecule has 2 rings (SSSR count). The summed E-state index contributed by atoms with van der Waals surface area (Å²) in [6.45, 7) is 6.26. The quantitative estimate of drug-likeness (QED) is 0.629. The van der Waals surface area contributed by atoms with Gasteiger partial charge in [0.05, 0.1) is 6.61 Å². The molecule has 0 bridgehead atoms. The molecule has 0 saturated carbocycles. The number of hydrogen-bond acceptors (Lipinski definition) is 3. The lowest BCUT2D eigenvalue weighted by molar-refractivity contribution is 0.150. The topological polar surface area (TPSA) is 38.5 Å². The van der Waals surface area contributed by atoms with Crippen LogP contribution in [0, 0.1) is 11.8 Å². The first-order chi connectivity index (χ1) is 5.90. The third kappa shape index (κ3) is 1.63. The van der Waals surface area contributed by atoms with Gasteiger partial charge in [-0.2, -0.15) is 0 Å². The second-order valence-corrected chi connectivity index (χ2v) is 3.94. The molecule has 0 radical (unpaired) electrons. The molecule has 2 heterocycles. The molecule has 12 heavy (non-hydrogen) atoms. The van der Waals surface area contributed by atoms with Crippen LogP contribution in [-0.2, 0) is 4.74 Å². The first-order valence-electron chi connectivity index (χ1n) is 4.90. The van der Waals surface area contributed by atoms with Crippen molar-refractivity contribution in [2.45, 2.75) is 6.42 Å². The Labute approximate surface area is 73.9 Å². The molecule has 70 valence electrons. The fourth-order valence-corrected chi connectivity index (χ4v) is 2.32. The van der Waals surface area contributed by atoms with Crippen LogP contribution in [0.5, 0.6) is 0 Å². The molecule has 3 heteroatoms. The Morgan fingerprint density at radius 3 is 3.00 bits per heavy atom. The van der Waals surface area contributed by atoms with Gasteiger partial charge in [0.25, 0.3) is 0 Å². The highest BCUT2D eigenvalue weighted by Crippen LogP contribution is 2.28. The van der Waals surface area contributed by atoms with Gasteiger partial charge in [-0.3, -0.25) is 0 Å². The van der Waals surface area contributed by atoms with Gasteiger partial charge in [-0.1, -0.05) is 0 Å². The zero-order valence-corrected chi connectivity index (χ0v) is 7.54. The lowest BCUT2D eigenvalue weighted by Crippen LogP contribution is -2.42. The van der Waals surface area contributed by atoms with E-state index in [2.05, 4.69) is 4.90 Å². The zero-order valence-electron chi connectivity index (χ0n) is 7.54. The predicted octanol–water partition coefficient (Wildman–Crippen LogP) is -0.0866. The smallest absolute Gasteiger partial charge is 0.0510 e. The highest BCUT2D eigenvalue weighted by atomic mass is 16.5. The van der Waals surface area contributed by atoms with E-state index in [9.17, 15) is 0 Å². The van der Waals surface area contributed by atoms with Gasteiger partial charge in [0.15, 0.2) is 0 Å². The molecule has 0 unspecified atom stereocenters. The van der Waals surface area contributed by atoms with Crippen LogP contribution in [0.1, 0.15) is 6.42 Å². The summed E-state index contributed by atoms with van der Waals surface area (Å²) in [5.41, 5.74) is 5.52. The summed E-state index contributed by atoms with van der Waals surface area (Å²) in [4.78, 5) is 2.47. The second kappa shape index (κ2) is 3.73. The van der Waals surface area contributed by atoms with Crippen molar-refractivity contribution in [2.75, 3.05) is 39.4 Å². The molecule has 2 saturated heterocycles. The SMILES string of the molecule is NCCN1CC[C@@H]2COC[C@H]2C1. The van der Waals surface area contributed by atoms with E-state index in [1.54, 1.807) is 0 Å². The molecule has 0 aromatic carbocycles. The average Bonchev–Trinajstić information content (AvgIpc) is 2.51. The Kier molecular flexibility index (Phi) is 2.63. The van der Waals surface area contributed by atoms with E-state index in [4.69, 9.17) is 10.5 Å². The summed E-state index contributed by atoms with van der Waals surface area (Å²) in [5, 5.41) is 0. The molecule has 3 nitrogen and oxygen atoms in total. The van der Waals surface area contributed by atoms with Crippen LogP contribution in [0.3, 0.4) is 0 Å². The third-order valence-corrected chi connectivity index (χ3v) is 3.08. The highest BCUT2D eigenvalue weighted by molar-refractivity contribution is 4.83. The van der Waals surface area contributed by atoms with Gasteiger partial charge >= 0.3 is 0 Å². The number of nitrogens with two attached hydrogens (primary N) is 1. The maximum Gasteiger partial charge on any atom is 0.0510 e. The first-order valence-corrected chi connectivity index (χ1v) is 4.90. The van der Waals surface area contributed by atoms with Crippen LogP contribution in [0.4, 0.5) is 0 Å². The van der Waals surface area contributed by atoms with Crippen molar-refractivity contribution in [1.82, 2.24) is 4.90 Å².